The second-order valence-corrected chi connectivity index (χ2v) is 4.68. The molecule has 0 bridgehead atoms. The van der Waals surface area contributed by atoms with Gasteiger partial charge in [-0.2, -0.15) is 0 Å². The van der Waals surface area contributed by atoms with E-state index in [1.807, 2.05) is 44.4 Å². The van der Waals surface area contributed by atoms with Crippen LogP contribution in [0.1, 0.15) is 17.2 Å². The highest BCUT2D eigenvalue weighted by molar-refractivity contribution is 5.29. The molecule has 0 fully saturated rings. The molecule has 0 aliphatic carbocycles. The molecular weight excluding hydrogens is 254 g/mol. The Hall–Kier alpha value is -2.14. The number of likely N-dealkylation sites (N-methyl/N-ethyl adjacent to an activating group) is 1. The Morgan fingerprint density at radius 3 is 2.65 bits per heavy atom. The van der Waals surface area contributed by atoms with E-state index in [1.165, 1.54) is 0 Å². The quantitative estimate of drug-likeness (QED) is 0.897. The molecule has 5 nitrogen and oxygen atoms in total. The molecule has 0 radical (unpaired) electrons. The number of aromatic nitrogens is 2. The first-order valence-corrected chi connectivity index (χ1v) is 6.48. The average Bonchev–Trinajstić information content (AvgIpc) is 2.48. The maximum Gasteiger partial charge on any atom is 0.347 e. The molecule has 0 amide bonds. The number of hydrogen-bond donors (Lipinski definition) is 1. The fourth-order valence-corrected chi connectivity index (χ4v) is 2.09. The van der Waals surface area contributed by atoms with Gasteiger partial charge in [0.2, 0.25) is 0 Å². The van der Waals surface area contributed by atoms with Crippen LogP contribution in [0.15, 0.2) is 41.5 Å². The first-order valence-electron chi connectivity index (χ1n) is 6.48. The smallest absolute Gasteiger partial charge is 0.347 e. The minimum atomic E-state index is -0.232. The Morgan fingerprint density at radius 2 is 2.05 bits per heavy atom. The van der Waals surface area contributed by atoms with E-state index >= 15 is 0 Å². The Labute approximate surface area is 118 Å². The molecule has 1 N–H and O–H groups in total. The molecule has 1 heterocycles. The van der Waals surface area contributed by atoms with Crippen molar-refractivity contribution in [2.75, 3.05) is 14.2 Å². The average molecular weight is 273 g/mol. The molecule has 5 heteroatoms. The predicted molar refractivity (Wildman–Crippen MR) is 78.0 cm³/mol. The first-order chi connectivity index (χ1) is 9.63. The van der Waals surface area contributed by atoms with Gasteiger partial charge in [0.25, 0.3) is 0 Å². The zero-order chi connectivity index (χ0) is 14.5. The van der Waals surface area contributed by atoms with Gasteiger partial charge in [-0.05, 0) is 37.2 Å². The van der Waals surface area contributed by atoms with Crippen LogP contribution in [0.3, 0.4) is 0 Å². The summed E-state index contributed by atoms with van der Waals surface area (Å²) in [6, 6.07) is 7.86. The van der Waals surface area contributed by atoms with Gasteiger partial charge in [0.15, 0.2) is 0 Å². The molecule has 0 aliphatic heterocycles. The Morgan fingerprint density at radius 1 is 1.35 bits per heavy atom. The van der Waals surface area contributed by atoms with Crippen molar-refractivity contribution in [2.24, 2.45) is 0 Å². The molecule has 2 aromatic rings. The Balaban J connectivity index is 2.23. The third kappa shape index (κ3) is 3.24. The lowest BCUT2D eigenvalue weighted by Gasteiger charge is -2.18. The highest BCUT2D eigenvalue weighted by atomic mass is 16.5. The van der Waals surface area contributed by atoms with Gasteiger partial charge in [0, 0.05) is 18.9 Å². The largest absolute Gasteiger partial charge is 0.497 e. The summed E-state index contributed by atoms with van der Waals surface area (Å²) in [6.45, 7) is 2.46. The van der Waals surface area contributed by atoms with Gasteiger partial charge in [-0.15, -0.1) is 0 Å². The summed E-state index contributed by atoms with van der Waals surface area (Å²) in [4.78, 5) is 15.6. The fraction of sp³-hybridized carbons (Fsp3) is 0.333. The van der Waals surface area contributed by atoms with E-state index in [0.717, 1.165) is 16.9 Å². The lowest BCUT2D eigenvalue weighted by molar-refractivity contribution is 0.414. The van der Waals surface area contributed by atoms with Crippen molar-refractivity contribution in [3.05, 3.63) is 58.3 Å². The van der Waals surface area contributed by atoms with E-state index in [9.17, 15) is 4.79 Å². The van der Waals surface area contributed by atoms with Crippen LogP contribution in [0, 0.1) is 6.92 Å². The maximum atomic E-state index is 11.8. The van der Waals surface area contributed by atoms with Crippen molar-refractivity contribution in [3.63, 3.8) is 0 Å². The van der Waals surface area contributed by atoms with E-state index in [-0.39, 0.29) is 11.7 Å². The number of aryl methyl sites for hydroxylation is 1. The molecule has 20 heavy (non-hydrogen) atoms. The molecule has 1 aromatic heterocycles. The maximum absolute atomic E-state index is 11.8. The van der Waals surface area contributed by atoms with E-state index in [1.54, 1.807) is 17.9 Å². The zero-order valence-electron chi connectivity index (χ0n) is 12.0. The summed E-state index contributed by atoms with van der Waals surface area (Å²) in [6.07, 6.45) is 3.41. The predicted octanol–water partition coefficient (Wildman–Crippen LogP) is 1.52. The molecular formula is C15H19N3O2. The van der Waals surface area contributed by atoms with Crippen LogP contribution in [0.2, 0.25) is 0 Å². The Bertz CT molecular complexity index is 620. The summed E-state index contributed by atoms with van der Waals surface area (Å²) in [5, 5.41) is 3.22. The summed E-state index contributed by atoms with van der Waals surface area (Å²) in [5.74, 6) is 0.818. The second kappa shape index (κ2) is 6.34. The van der Waals surface area contributed by atoms with Crippen molar-refractivity contribution in [2.45, 2.75) is 19.5 Å². The van der Waals surface area contributed by atoms with Gasteiger partial charge >= 0.3 is 5.69 Å². The monoisotopic (exact) mass is 273 g/mol. The molecule has 1 aromatic carbocycles. The van der Waals surface area contributed by atoms with Gasteiger partial charge in [0.1, 0.15) is 5.75 Å². The Kier molecular flexibility index (Phi) is 4.53. The van der Waals surface area contributed by atoms with Crippen LogP contribution in [-0.4, -0.2) is 23.7 Å². The highest BCUT2D eigenvalue weighted by Crippen LogP contribution is 2.18. The van der Waals surface area contributed by atoms with E-state index in [2.05, 4.69) is 10.3 Å². The first kappa shape index (κ1) is 14.3. The topological polar surface area (TPSA) is 56.2 Å². The van der Waals surface area contributed by atoms with Crippen LogP contribution in [0.5, 0.6) is 5.75 Å². The number of ether oxygens (including phenoxy) is 1. The van der Waals surface area contributed by atoms with Crippen molar-refractivity contribution < 1.29 is 4.74 Å². The molecule has 2 rings (SSSR count). The molecule has 0 aliphatic rings. The second-order valence-electron chi connectivity index (χ2n) is 4.68. The van der Waals surface area contributed by atoms with Crippen LogP contribution in [0.25, 0.3) is 0 Å². The molecule has 1 atom stereocenters. The summed E-state index contributed by atoms with van der Waals surface area (Å²) in [5.41, 5.74) is 1.83. The summed E-state index contributed by atoms with van der Waals surface area (Å²) < 4.78 is 6.78. The van der Waals surface area contributed by atoms with Gasteiger partial charge in [0.05, 0.1) is 13.2 Å². The summed E-state index contributed by atoms with van der Waals surface area (Å²) in [7, 11) is 3.52. The lowest BCUT2D eigenvalue weighted by Crippen LogP contribution is -2.29. The molecule has 0 spiro atoms. The zero-order valence-corrected chi connectivity index (χ0v) is 12.0. The van der Waals surface area contributed by atoms with Crippen LogP contribution >= 0.6 is 0 Å². The third-order valence-electron chi connectivity index (χ3n) is 3.23. The fourth-order valence-electron chi connectivity index (χ4n) is 2.09. The molecule has 0 saturated heterocycles. The van der Waals surface area contributed by atoms with Gasteiger partial charge in [-0.25, -0.2) is 9.78 Å². The molecule has 0 saturated carbocycles. The van der Waals surface area contributed by atoms with Gasteiger partial charge < -0.3 is 10.1 Å². The normalized spacial score (nSPS) is 12.2. The lowest BCUT2D eigenvalue weighted by atomic mass is 10.1. The minimum Gasteiger partial charge on any atom is -0.497 e. The highest BCUT2D eigenvalue weighted by Gasteiger charge is 2.11. The molecule has 1 unspecified atom stereocenters. The number of hydrogen-bond acceptors (Lipinski definition) is 4. The van der Waals surface area contributed by atoms with E-state index < -0.39 is 0 Å². The van der Waals surface area contributed by atoms with Gasteiger partial charge in [-0.1, -0.05) is 12.1 Å². The molecule has 106 valence electrons. The van der Waals surface area contributed by atoms with Crippen molar-refractivity contribution in [1.82, 2.24) is 14.9 Å². The van der Waals surface area contributed by atoms with Crippen molar-refractivity contribution in [1.29, 1.82) is 0 Å². The third-order valence-corrected chi connectivity index (χ3v) is 3.23. The van der Waals surface area contributed by atoms with Crippen LogP contribution in [0.4, 0.5) is 0 Å². The van der Waals surface area contributed by atoms with Crippen molar-refractivity contribution in [3.8, 4) is 5.75 Å². The van der Waals surface area contributed by atoms with Crippen LogP contribution in [-0.2, 0) is 6.54 Å². The number of nitrogens with zero attached hydrogens (tertiary/aromatic N) is 2. The number of rotatable bonds is 5. The van der Waals surface area contributed by atoms with E-state index in [0.29, 0.717) is 6.54 Å². The SMILES string of the molecule is CNC(Cn1cc(C)cnc1=O)c1ccc(OC)cc1. The minimum absolute atomic E-state index is 0.0437. The standard InChI is InChI=1S/C15H19N3O2/c1-11-8-17-15(19)18(9-11)10-14(16-2)12-4-6-13(20-3)7-5-12/h4-9,14,16H,10H2,1-3H3. The van der Waals surface area contributed by atoms with Crippen LogP contribution < -0.4 is 15.7 Å². The summed E-state index contributed by atoms with van der Waals surface area (Å²) >= 11 is 0. The number of benzene rings is 1. The number of nitrogens with one attached hydrogen (secondary N) is 1. The van der Waals surface area contributed by atoms with Gasteiger partial charge in [-0.3, -0.25) is 4.57 Å². The van der Waals surface area contributed by atoms with E-state index in [4.69, 9.17) is 4.74 Å². The number of methoxy groups -OCH3 is 1. The van der Waals surface area contributed by atoms with Crippen molar-refractivity contribution >= 4 is 0 Å².